The molecule has 5 heteroatoms. The van der Waals surface area contributed by atoms with Crippen LogP contribution in [0.4, 0.5) is 0 Å². The molecule has 1 aliphatic carbocycles. The van der Waals surface area contributed by atoms with Crippen molar-refractivity contribution in [2.24, 2.45) is 0 Å². The summed E-state index contributed by atoms with van der Waals surface area (Å²) in [6, 6.07) is 0.643. The number of carbonyl (C=O) groups is 2. The zero-order valence-electron chi connectivity index (χ0n) is 10.6. The predicted octanol–water partition coefficient (Wildman–Crippen LogP) is 0.840. The Balaban J connectivity index is 2.25. The largest absolute Gasteiger partial charge is 0.481 e. The van der Waals surface area contributed by atoms with Crippen LogP contribution in [0.25, 0.3) is 0 Å². The number of nitrogens with zero attached hydrogens (tertiary/aromatic N) is 1. The highest BCUT2D eigenvalue weighted by Crippen LogP contribution is 2.18. The number of carbonyl (C=O) groups excluding carboxylic acids is 1. The van der Waals surface area contributed by atoms with E-state index in [1.54, 1.807) is 0 Å². The first-order chi connectivity index (χ1) is 7.99. The highest BCUT2D eigenvalue weighted by molar-refractivity contribution is 5.78. The Labute approximate surface area is 102 Å². The molecular formula is C12H22N2O3. The van der Waals surface area contributed by atoms with Gasteiger partial charge in [0.15, 0.2) is 0 Å². The molecule has 0 aromatic carbocycles. The van der Waals surface area contributed by atoms with Crippen LogP contribution in [0, 0.1) is 0 Å². The van der Waals surface area contributed by atoms with Crippen LogP contribution in [-0.4, -0.2) is 47.1 Å². The number of nitrogens with one attached hydrogen (secondary N) is 1. The minimum Gasteiger partial charge on any atom is -0.481 e. The lowest BCUT2D eigenvalue weighted by Gasteiger charge is -2.25. The van der Waals surface area contributed by atoms with Gasteiger partial charge in [-0.15, -0.1) is 0 Å². The lowest BCUT2D eigenvalue weighted by Crippen LogP contribution is -2.42. The monoisotopic (exact) mass is 242 g/mol. The van der Waals surface area contributed by atoms with Crippen molar-refractivity contribution in [2.45, 2.75) is 51.6 Å². The van der Waals surface area contributed by atoms with E-state index in [0.717, 1.165) is 12.8 Å². The van der Waals surface area contributed by atoms with Crippen LogP contribution in [0.3, 0.4) is 0 Å². The van der Waals surface area contributed by atoms with Crippen molar-refractivity contribution in [3.63, 3.8) is 0 Å². The summed E-state index contributed by atoms with van der Waals surface area (Å²) >= 11 is 0. The third kappa shape index (κ3) is 6.26. The fourth-order valence-corrected chi connectivity index (χ4v) is 1.64. The standard InChI is InChI=1S/C12H22N2O3/c1-9(2)14(7-3-4-12(16)17)8-11(15)13-10-5-6-10/h9-10H,3-8H2,1-2H3,(H,13,15)(H,16,17). The third-order valence-corrected chi connectivity index (χ3v) is 2.86. The summed E-state index contributed by atoms with van der Waals surface area (Å²) in [6.07, 6.45) is 2.93. The Hall–Kier alpha value is -1.10. The van der Waals surface area contributed by atoms with Gasteiger partial charge in [0, 0.05) is 18.5 Å². The number of carboxylic acid groups (broad SMARTS) is 1. The molecule has 0 bridgehead atoms. The fourth-order valence-electron chi connectivity index (χ4n) is 1.64. The highest BCUT2D eigenvalue weighted by Gasteiger charge is 2.24. The molecule has 0 spiro atoms. The van der Waals surface area contributed by atoms with Crippen molar-refractivity contribution in [2.75, 3.05) is 13.1 Å². The Bertz CT molecular complexity index is 275. The van der Waals surface area contributed by atoms with Gasteiger partial charge in [-0.2, -0.15) is 0 Å². The molecular weight excluding hydrogens is 220 g/mol. The van der Waals surface area contributed by atoms with Gasteiger partial charge in [0.25, 0.3) is 0 Å². The molecule has 0 aromatic rings. The van der Waals surface area contributed by atoms with Gasteiger partial charge in [0.1, 0.15) is 0 Å². The summed E-state index contributed by atoms with van der Waals surface area (Å²) in [6.45, 7) is 5.06. The topological polar surface area (TPSA) is 69.6 Å². The molecule has 2 N–H and O–H groups in total. The van der Waals surface area contributed by atoms with E-state index in [1.807, 2.05) is 18.7 Å². The van der Waals surface area contributed by atoms with Crippen molar-refractivity contribution in [1.82, 2.24) is 10.2 Å². The van der Waals surface area contributed by atoms with E-state index in [9.17, 15) is 9.59 Å². The van der Waals surface area contributed by atoms with Crippen LogP contribution in [0.15, 0.2) is 0 Å². The van der Waals surface area contributed by atoms with E-state index in [-0.39, 0.29) is 18.4 Å². The summed E-state index contributed by atoms with van der Waals surface area (Å²) in [5.41, 5.74) is 0. The second-order valence-corrected chi connectivity index (χ2v) is 4.90. The Kier molecular flexibility index (Phi) is 5.41. The molecule has 0 aliphatic heterocycles. The number of hydrogen-bond acceptors (Lipinski definition) is 3. The summed E-state index contributed by atoms with van der Waals surface area (Å²) in [5, 5.41) is 11.5. The van der Waals surface area contributed by atoms with Crippen LogP contribution < -0.4 is 5.32 Å². The van der Waals surface area contributed by atoms with E-state index < -0.39 is 5.97 Å². The minimum atomic E-state index is -0.781. The first-order valence-electron chi connectivity index (χ1n) is 6.24. The Morgan fingerprint density at radius 3 is 2.53 bits per heavy atom. The summed E-state index contributed by atoms with van der Waals surface area (Å²) < 4.78 is 0. The van der Waals surface area contributed by atoms with Gasteiger partial charge in [0.2, 0.25) is 5.91 Å². The van der Waals surface area contributed by atoms with Gasteiger partial charge in [-0.1, -0.05) is 0 Å². The van der Waals surface area contributed by atoms with Crippen molar-refractivity contribution < 1.29 is 14.7 Å². The highest BCUT2D eigenvalue weighted by atomic mass is 16.4. The average Bonchev–Trinajstić information content (AvgIpc) is 2.99. The van der Waals surface area contributed by atoms with E-state index in [1.165, 1.54) is 0 Å². The number of aliphatic carboxylic acids is 1. The molecule has 0 unspecified atom stereocenters. The molecule has 1 amide bonds. The maximum absolute atomic E-state index is 11.6. The molecule has 1 aliphatic rings. The zero-order chi connectivity index (χ0) is 12.8. The third-order valence-electron chi connectivity index (χ3n) is 2.86. The summed E-state index contributed by atoms with van der Waals surface area (Å²) in [5.74, 6) is -0.729. The molecule has 1 saturated carbocycles. The van der Waals surface area contributed by atoms with Gasteiger partial charge < -0.3 is 10.4 Å². The van der Waals surface area contributed by atoms with Crippen molar-refractivity contribution in [3.05, 3.63) is 0 Å². The van der Waals surface area contributed by atoms with Crippen LogP contribution >= 0.6 is 0 Å². The number of rotatable bonds is 8. The lowest BCUT2D eigenvalue weighted by molar-refractivity contribution is -0.137. The van der Waals surface area contributed by atoms with Crippen LogP contribution in [0.2, 0.25) is 0 Å². The molecule has 1 fully saturated rings. The van der Waals surface area contributed by atoms with Gasteiger partial charge in [-0.3, -0.25) is 14.5 Å². The van der Waals surface area contributed by atoms with E-state index >= 15 is 0 Å². The molecule has 0 radical (unpaired) electrons. The van der Waals surface area contributed by atoms with E-state index in [0.29, 0.717) is 25.6 Å². The number of carboxylic acids is 1. The lowest BCUT2D eigenvalue weighted by atomic mass is 10.2. The van der Waals surface area contributed by atoms with Gasteiger partial charge in [-0.05, 0) is 39.7 Å². The van der Waals surface area contributed by atoms with Gasteiger partial charge >= 0.3 is 5.97 Å². The number of hydrogen-bond donors (Lipinski definition) is 2. The molecule has 98 valence electrons. The van der Waals surface area contributed by atoms with E-state index in [4.69, 9.17) is 5.11 Å². The SMILES string of the molecule is CC(C)N(CCCC(=O)O)CC(=O)NC1CC1. The second kappa shape index (κ2) is 6.59. The van der Waals surface area contributed by atoms with Crippen molar-refractivity contribution in [1.29, 1.82) is 0 Å². The van der Waals surface area contributed by atoms with E-state index in [2.05, 4.69) is 5.32 Å². The normalized spacial score (nSPS) is 15.3. The maximum atomic E-state index is 11.6. The van der Waals surface area contributed by atoms with Crippen LogP contribution in [0.1, 0.15) is 39.5 Å². The molecule has 0 heterocycles. The van der Waals surface area contributed by atoms with Gasteiger partial charge in [0.05, 0.1) is 6.54 Å². The van der Waals surface area contributed by atoms with Crippen molar-refractivity contribution >= 4 is 11.9 Å². The zero-order valence-corrected chi connectivity index (χ0v) is 10.6. The van der Waals surface area contributed by atoms with Crippen LogP contribution in [0.5, 0.6) is 0 Å². The fraction of sp³-hybridized carbons (Fsp3) is 0.833. The quantitative estimate of drug-likeness (QED) is 0.662. The number of amides is 1. The predicted molar refractivity (Wildman–Crippen MR) is 64.7 cm³/mol. The maximum Gasteiger partial charge on any atom is 0.303 e. The summed E-state index contributed by atoms with van der Waals surface area (Å²) in [4.78, 5) is 24.1. The molecule has 5 nitrogen and oxygen atoms in total. The Morgan fingerprint density at radius 1 is 1.41 bits per heavy atom. The smallest absolute Gasteiger partial charge is 0.303 e. The molecule has 1 rings (SSSR count). The minimum absolute atomic E-state index is 0.0523. The Morgan fingerprint density at radius 2 is 2.06 bits per heavy atom. The molecule has 0 aromatic heterocycles. The first-order valence-corrected chi connectivity index (χ1v) is 6.24. The van der Waals surface area contributed by atoms with Crippen molar-refractivity contribution in [3.8, 4) is 0 Å². The molecule has 0 saturated heterocycles. The van der Waals surface area contributed by atoms with Crippen LogP contribution in [-0.2, 0) is 9.59 Å². The summed E-state index contributed by atoms with van der Waals surface area (Å²) in [7, 11) is 0. The molecule has 17 heavy (non-hydrogen) atoms. The van der Waals surface area contributed by atoms with Gasteiger partial charge in [-0.25, -0.2) is 0 Å². The molecule has 0 atom stereocenters. The average molecular weight is 242 g/mol. The second-order valence-electron chi connectivity index (χ2n) is 4.90. The first kappa shape index (κ1) is 14.0.